The predicted molar refractivity (Wildman–Crippen MR) is 155 cm³/mol. The molecule has 0 bridgehead atoms. The van der Waals surface area contributed by atoms with Crippen LogP contribution in [0.5, 0.6) is 5.75 Å². The van der Waals surface area contributed by atoms with Crippen LogP contribution in [-0.2, 0) is 26.2 Å². The first-order valence-corrected chi connectivity index (χ1v) is 14.9. The molecule has 0 heterocycles. The fourth-order valence-corrected chi connectivity index (χ4v) is 5.89. The van der Waals surface area contributed by atoms with Crippen LogP contribution in [0.1, 0.15) is 19.4 Å². The molecule has 0 aliphatic heterocycles. The van der Waals surface area contributed by atoms with Crippen molar-refractivity contribution in [2.75, 3.05) is 24.5 Å². The summed E-state index contributed by atoms with van der Waals surface area (Å²) in [5, 5.41) is 2.57. The first-order chi connectivity index (χ1) is 18.1. The Morgan fingerprint density at radius 3 is 2.21 bits per heavy atom. The normalized spacial score (nSPS) is 11.9. The summed E-state index contributed by atoms with van der Waals surface area (Å²) in [7, 11) is -2.65. The van der Waals surface area contributed by atoms with Crippen molar-refractivity contribution in [2.45, 2.75) is 31.3 Å². The average Bonchev–Trinajstić information content (AvgIpc) is 2.90. The largest absolute Gasteiger partial charge is 0.494 e. The molecule has 0 aliphatic rings. The van der Waals surface area contributed by atoms with Crippen molar-refractivity contribution in [3.05, 3.63) is 87.3 Å². The van der Waals surface area contributed by atoms with Gasteiger partial charge in [-0.15, -0.1) is 0 Å². The van der Waals surface area contributed by atoms with Gasteiger partial charge >= 0.3 is 0 Å². The molecular weight excluding hydrogens is 638 g/mol. The molecular formula is C27H29Br2N3O5S. The molecule has 3 aromatic carbocycles. The Hall–Kier alpha value is -2.89. The van der Waals surface area contributed by atoms with Crippen LogP contribution in [0.15, 0.2) is 86.6 Å². The van der Waals surface area contributed by atoms with Crippen molar-refractivity contribution >= 4 is 59.4 Å². The van der Waals surface area contributed by atoms with Gasteiger partial charge in [0.2, 0.25) is 11.8 Å². The number of nitrogens with one attached hydrogen (secondary N) is 1. The van der Waals surface area contributed by atoms with Gasteiger partial charge in [-0.25, -0.2) is 8.42 Å². The molecule has 2 amide bonds. The lowest BCUT2D eigenvalue weighted by molar-refractivity contribution is -0.139. The van der Waals surface area contributed by atoms with E-state index in [1.54, 1.807) is 43.3 Å². The number of sulfonamides is 1. The maximum atomic E-state index is 13.8. The Morgan fingerprint density at radius 1 is 0.974 bits per heavy atom. The van der Waals surface area contributed by atoms with Crippen molar-refractivity contribution in [2.24, 2.45) is 0 Å². The number of hydrogen-bond donors (Lipinski definition) is 1. The smallest absolute Gasteiger partial charge is 0.264 e. The fourth-order valence-electron chi connectivity index (χ4n) is 3.76. The zero-order chi connectivity index (χ0) is 27.9. The van der Waals surface area contributed by atoms with Gasteiger partial charge in [-0.2, -0.15) is 0 Å². The molecule has 1 unspecified atom stereocenters. The zero-order valence-electron chi connectivity index (χ0n) is 21.2. The van der Waals surface area contributed by atoms with E-state index in [1.807, 2.05) is 31.2 Å². The second-order valence-electron chi connectivity index (χ2n) is 8.33. The molecule has 3 aromatic rings. The quantitative estimate of drug-likeness (QED) is 0.312. The van der Waals surface area contributed by atoms with Gasteiger partial charge in [0, 0.05) is 22.5 Å². The van der Waals surface area contributed by atoms with E-state index in [9.17, 15) is 18.0 Å². The Labute approximate surface area is 240 Å². The summed E-state index contributed by atoms with van der Waals surface area (Å²) in [5.41, 5.74) is 1.08. The lowest BCUT2D eigenvalue weighted by Crippen LogP contribution is -2.50. The highest BCUT2D eigenvalue weighted by molar-refractivity contribution is 9.10. The van der Waals surface area contributed by atoms with Crippen molar-refractivity contribution in [3.63, 3.8) is 0 Å². The predicted octanol–water partition coefficient (Wildman–Crippen LogP) is 4.97. The Bertz CT molecular complexity index is 1370. The van der Waals surface area contributed by atoms with Gasteiger partial charge in [0.25, 0.3) is 10.0 Å². The number of hydrogen-bond acceptors (Lipinski definition) is 5. The zero-order valence-corrected chi connectivity index (χ0v) is 25.2. The fraction of sp³-hybridized carbons (Fsp3) is 0.259. The molecule has 0 saturated carbocycles. The van der Waals surface area contributed by atoms with E-state index in [2.05, 4.69) is 37.2 Å². The van der Waals surface area contributed by atoms with Gasteiger partial charge in [-0.1, -0.05) is 44.0 Å². The number of anilines is 1. The van der Waals surface area contributed by atoms with Crippen LogP contribution in [0, 0.1) is 0 Å². The molecule has 0 spiro atoms. The van der Waals surface area contributed by atoms with Crippen LogP contribution in [0.2, 0.25) is 0 Å². The first kappa shape index (κ1) is 29.7. The van der Waals surface area contributed by atoms with Crippen molar-refractivity contribution < 1.29 is 22.7 Å². The molecule has 0 radical (unpaired) electrons. The standard InChI is InChI=1S/C27H29Br2N3O5S/c1-4-37-24-12-10-23(11-13-24)32(38(35,36)25-14-8-21(28)9-15-25)18-26(33)31(19(2)27(34)30-3)17-20-6-5-7-22(29)16-20/h5-16,19H,4,17-18H2,1-3H3,(H,30,34). The van der Waals surface area contributed by atoms with E-state index in [4.69, 9.17) is 4.74 Å². The monoisotopic (exact) mass is 665 g/mol. The number of amides is 2. The summed E-state index contributed by atoms with van der Waals surface area (Å²) in [4.78, 5) is 27.7. The van der Waals surface area contributed by atoms with Gasteiger partial charge in [0.05, 0.1) is 17.2 Å². The summed E-state index contributed by atoms with van der Waals surface area (Å²) in [6, 6.07) is 19.2. The number of benzene rings is 3. The van der Waals surface area contributed by atoms with E-state index in [1.165, 1.54) is 24.1 Å². The van der Waals surface area contributed by atoms with Crippen molar-refractivity contribution in [1.29, 1.82) is 0 Å². The molecule has 3 rings (SSSR count). The van der Waals surface area contributed by atoms with Gasteiger partial charge < -0.3 is 15.0 Å². The second-order valence-corrected chi connectivity index (χ2v) is 12.0. The number of likely N-dealkylation sites (N-methyl/N-ethyl adjacent to an activating group) is 1. The van der Waals surface area contributed by atoms with E-state index in [0.717, 1.165) is 18.8 Å². The lowest BCUT2D eigenvalue weighted by Gasteiger charge is -2.31. The minimum Gasteiger partial charge on any atom is -0.494 e. The number of rotatable bonds is 11. The highest BCUT2D eigenvalue weighted by Gasteiger charge is 2.32. The third kappa shape index (κ3) is 7.36. The molecule has 38 heavy (non-hydrogen) atoms. The first-order valence-electron chi connectivity index (χ1n) is 11.8. The lowest BCUT2D eigenvalue weighted by atomic mass is 10.1. The van der Waals surface area contributed by atoms with E-state index < -0.39 is 28.5 Å². The molecule has 8 nitrogen and oxygen atoms in total. The minimum absolute atomic E-state index is 0.0280. The molecule has 0 aromatic heterocycles. The highest BCUT2D eigenvalue weighted by atomic mass is 79.9. The van der Waals surface area contributed by atoms with Gasteiger partial charge in [-0.3, -0.25) is 13.9 Å². The summed E-state index contributed by atoms with van der Waals surface area (Å²) in [6.07, 6.45) is 0. The molecule has 0 saturated heterocycles. The van der Waals surface area contributed by atoms with Crippen LogP contribution in [0.3, 0.4) is 0 Å². The number of halogens is 2. The van der Waals surface area contributed by atoms with Crippen LogP contribution < -0.4 is 14.4 Å². The van der Waals surface area contributed by atoms with Crippen LogP contribution in [-0.4, -0.2) is 51.4 Å². The molecule has 0 fully saturated rings. The highest BCUT2D eigenvalue weighted by Crippen LogP contribution is 2.27. The average molecular weight is 667 g/mol. The van der Waals surface area contributed by atoms with E-state index in [-0.39, 0.29) is 17.3 Å². The summed E-state index contributed by atoms with van der Waals surface area (Å²) >= 11 is 6.75. The molecule has 1 atom stereocenters. The Balaban J connectivity index is 2.03. The maximum Gasteiger partial charge on any atom is 0.264 e. The third-order valence-corrected chi connectivity index (χ3v) is 8.58. The van der Waals surface area contributed by atoms with Gasteiger partial charge in [0.15, 0.2) is 0 Å². The summed E-state index contributed by atoms with van der Waals surface area (Å²) < 4.78 is 35.7. The van der Waals surface area contributed by atoms with Crippen molar-refractivity contribution in [3.8, 4) is 5.75 Å². The van der Waals surface area contributed by atoms with Gasteiger partial charge in [0.1, 0.15) is 18.3 Å². The summed E-state index contributed by atoms with van der Waals surface area (Å²) in [5.74, 6) is -0.319. The van der Waals surface area contributed by atoms with Crippen LogP contribution >= 0.6 is 31.9 Å². The molecule has 0 aliphatic carbocycles. The molecule has 11 heteroatoms. The minimum atomic E-state index is -4.14. The molecule has 1 N–H and O–H groups in total. The van der Waals surface area contributed by atoms with E-state index >= 15 is 0 Å². The second kappa shape index (κ2) is 13.3. The van der Waals surface area contributed by atoms with Crippen LogP contribution in [0.4, 0.5) is 5.69 Å². The molecule has 202 valence electrons. The maximum absolute atomic E-state index is 13.8. The summed E-state index contributed by atoms with van der Waals surface area (Å²) in [6.45, 7) is 3.52. The Morgan fingerprint density at radius 2 is 1.63 bits per heavy atom. The SMILES string of the molecule is CCOc1ccc(N(CC(=O)N(Cc2cccc(Br)c2)C(C)C(=O)NC)S(=O)(=O)c2ccc(Br)cc2)cc1. The number of nitrogens with zero attached hydrogens (tertiary/aromatic N) is 2. The number of carbonyl (C=O) groups is 2. The topological polar surface area (TPSA) is 96.0 Å². The van der Waals surface area contributed by atoms with Crippen LogP contribution in [0.25, 0.3) is 0 Å². The number of ether oxygens (including phenoxy) is 1. The van der Waals surface area contributed by atoms with Gasteiger partial charge in [-0.05, 0) is 80.1 Å². The number of carbonyl (C=O) groups excluding carboxylic acids is 2. The van der Waals surface area contributed by atoms with Crippen molar-refractivity contribution in [1.82, 2.24) is 10.2 Å². The van der Waals surface area contributed by atoms with E-state index in [0.29, 0.717) is 18.0 Å². The third-order valence-electron chi connectivity index (χ3n) is 5.77. The Kier molecular flexibility index (Phi) is 10.3.